The molecule has 0 aliphatic carbocycles. The number of rotatable bonds is 6. The van der Waals surface area contributed by atoms with Crippen LogP contribution in [0.15, 0.2) is 0 Å². The summed E-state index contributed by atoms with van der Waals surface area (Å²) in [7, 11) is 0. The Morgan fingerprint density at radius 1 is 1.31 bits per heavy atom. The molecule has 1 N–H and O–H groups in total. The van der Waals surface area contributed by atoms with E-state index in [1.54, 1.807) is 0 Å². The van der Waals surface area contributed by atoms with E-state index in [4.69, 9.17) is 0 Å². The van der Waals surface area contributed by atoms with Gasteiger partial charge in [0.2, 0.25) is 0 Å². The van der Waals surface area contributed by atoms with Gasteiger partial charge in [0, 0.05) is 18.4 Å². The molecule has 76 valence electrons. The highest BCUT2D eigenvalue weighted by molar-refractivity contribution is 5.87. The average molecular weight is 185 g/mol. The van der Waals surface area contributed by atoms with E-state index in [1.165, 1.54) is 0 Å². The van der Waals surface area contributed by atoms with Crippen LogP contribution in [0.2, 0.25) is 0 Å². The number of carbonyl (C=O) groups excluding carboxylic acids is 2. The molecule has 0 unspecified atom stereocenters. The van der Waals surface area contributed by atoms with E-state index in [0.29, 0.717) is 0 Å². The standard InChI is InChI=1S/C10H19NO2/c1-7(2)10(13)9(5-6-12)11-8(3)4/h6-9,11H,5H2,1-4H3/t9-/m0/s1. The number of aldehydes is 1. The van der Waals surface area contributed by atoms with Gasteiger partial charge in [0.15, 0.2) is 5.78 Å². The van der Waals surface area contributed by atoms with Crippen molar-refractivity contribution < 1.29 is 9.59 Å². The third-order valence-electron chi connectivity index (χ3n) is 1.78. The van der Waals surface area contributed by atoms with Crippen LogP contribution >= 0.6 is 0 Å². The normalized spacial score (nSPS) is 13.4. The van der Waals surface area contributed by atoms with Crippen molar-refractivity contribution in [3.05, 3.63) is 0 Å². The summed E-state index contributed by atoms with van der Waals surface area (Å²) >= 11 is 0. The predicted molar refractivity (Wildman–Crippen MR) is 52.6 cm³/mol. The second kappa shape index (κ2) is 5.86. The summed E-state index contributed by atoms with van der Waals surface area (Å²) in [6, 6.07) is -0.0786. The highest BCUT2D eigenvalue weighted by Crippen LogP contribution is 2.03. The Kier molecular flexibility index (Phi) is 5.55. The van der Waals surface area contributed by atoms with E-state index in [-0.39, 0.29) is 30.2 Å². The van der Waals surface area contributed by atoms with Crippen molar-refractivity contribution in [2.45, 2.75) is 46.2 Å². The lowest BCUT2D eigenvalue weighted by Crippen LogP contribution is -2.42. The molecule has 0 aliphatic rings. The Labute approximate surface area is 79.9 Å². The van der Waals surface area contributed by atoms with Crippen LogP contribution in [0, 0.1) is 5.92 Å². The lowest BCUT2D eigenvalue weighted by Gasteiger charge is -2.19. The van der Waals surface area contributed by atoms with Gasteiger partial charge in [0.05, 0.1) is 6.04 Å². The van der Waals surface area contributed by atoms with Crippen LogP contribution in [0.3, 0.4) is 0 Å². The molecule has 0 aromatic carbocycles. The van der Waals surface area contributed by atoms with Crippen LogP contribution in [0.1, 0.15) is 34.1 Å². The highest BCUT2D eigenvalue weighted by atomic mass is 16.1. The Bertz CT molecular complexity index is 176. The molecule has 3 heteroatoms. The number of hydrogen-bond acceptors (Lipinski definition) is 3. The first kappa shape index (κ1) is 12.3. The SMILES string of the molecule is CC(C)N[C@@H](CC=O)C(=O)C(C)C. The monoisotopic (exact) mass is 185 g/mol. The van der Waals surface area contributed by atoms with Crippen molar-refractivity contribution >= 4 is 12.1 Å². The summed E-state index contributed by atoms with van der Waals surface area (Å²) in [5.74, 6) is 0.0944. The summed E-state index contributed by atoms with van der Waals surface area (Å²) in [5.41, 5.74) is 0. The van der Waals surface area contributed by atoms with Crippen LogP contribution < -0.4 is 5.32 Å². The molecule has 0 spiro atoms. The number of carbonyl (C=O) groups is 2. The van der Waals surface area contributed by atoms with E-state index in [9.17, 15) is 9.59 Å². The summed E-state index contributed by atoms with van der Waals surface area (Å²) in [5, 5.41) is 3.08. The van der Waals surface area contributed by atoms with Gasteiger partial charge in [-0.3, -0.25) is 4.79 Å². The fourth-order valence-electron chi connectivity index (χ4n) is 1.17. The minimum atomic E-state index is -0.308. The van der Waals surface area contributed by atoms with E-state index < -0.39 is 0 Å². The Hall–Kier alpha value is -0.700. The van der Waals surface area contributed by atoms with Crippen LogP contribution in [0.4, 0.5) is 0 Å². The van der Waals surface area contributed by atoms with E-state index in [2.05, 4.69) is 5.32 Å². The van der Waals surface area contributed by atoms with Gasteiger partial charge in [-0.1, -0.05) is 27.7 Å². The van der Waals surface area contributed by atoms with E-state index in [0.717, 1.165) is 6.29 Å². The van der Waals surface area contributed by atoms with Crippen molar-refractivity contribution in [2.75, 3.05) is 0 Å². The van der Waals surface area contributed by atoms with Gasteiger partial charge < -0.3 is 10.1 Å². The molecule has 0 saturated carbocycles. The fourth-order valence-corrected chi connectivity index (χ4v) is 1.17. The minimum absolute atomic E-state index is 0.0174. The van der Waals surface area contributed by atoms with Crippen LogP contribution in [-0.2, 0) is 9.59 Å². The molecule has 0 aliphatic heterocycles. The molecule has 0 saturated heterocycles. The minimum Gasteiger partial charge on any atom is -0.305 e. The van der Waals surface area contributed by atoms with Gasteiger partial charge >= 0.3 is 0 Å². The summed E-state index contributed by atoms with van der Waals surface area (Å²) in [6.07, 6.45) is 1.06. The molecule has 3 nitrogen and oxygen atoms in total. The van der Waals surface area contributed by atoms with E-state index >= 15 is 0 Å². The molecule has 0 rings (SSSR count). The first-order chi connectivity index (χ1) is 5.99. The number of Topliss-reactive ketones (excluding diaryl/α,β-unsaturated/α-hetero) is 1. The molecule has 1 atom stereocenters. The summed E-state index contributed by atoms with van der Waals surface area (Å²) in [4.78, 5) is 21.9. The molecule has 0 heterocycles. The molecular weight excluding hydrogens is 166 g/mol. The lowest BCUT2D eigenvalue weighted by atomic mass is 9.99. The highest BCUT2D eigenvalue weighted by Gasteiger charge is 2.20. The molecule has 0 aromatic rings. The molecule has 13 heavy (non-hydrogen) atoms. The zero-order valence-electron chi connectivity index (χ0n) is 8.83. The number of ketones is 1. The third kappa shape index (κ3) is 4.78. The van der Waals surface area contributed by atoms with Crippen LogP contribution in [0.25, 0.3) is 0 Å². The summed E-state index contributed by atoms with van der Waals surface area (Å²) in [6.45, 7) is 7.63. The molecule has 0 amide bonds. The molecule has 0 bridgehead atoms. The van der Waals surface area contributed by atoms with Crippen molar-refractivity contribution in [3.63, 3.8) is 0 Å². The van der Waals surface area contributed by atoms with Gasteiger partial charge in [-0.2, -0.15) is 0 Å². The average Bonchev–Trinajstić information content (AvgIpc) is 2.01. The second-order valence-corrected chi connectivity index (χ2v) is 3.83. The van der Waals surface area contributed by atoms with Crippen molar-refractivity contribution in [1.82, 2.24) is 5.32 Å². The zero-order chi connectivity index (χ0) is 10.4. The third-order valence-corrected chi connectivity index (χ3v) is 1.78. The van der Waals surface area contributed by atoms with E-state index in [1.807, 2.05) is 27.7 Å². The van der Waals surface area contributed by atoms with Gasteiger partial charge in [-0.25, -0.2) is 0 Å². The van der Waals surface area contributed by atoms with Crippen molar-refractivity contribution in [2.24, 2.45) is 5.92 Å². The van der Waals surface area contributed by atoms with Crippen LogP contribution in [-0.4, -0.2) is 24.2 Å². The van der Waals surface area contributed by atoms with Gasteiger partial charge in [0.1, 0.15) is 6.29 Å². The smallest absolute Gasteiger partial charge is 0.152 e. The fraction of sp³-hybridized carbons (Fsp3) is 0.800. The molecule has 0 aromatic heterocycles. The first-order valence-corrected chi connectivity index (χ1v) is 4.72. The van der Waals surface area contributed by atoms with Crippen LogP contribution in [0.5, 0.6) is 0 Å². The Balaban J connectivity index is 4.23. The summed E-state index contributed by atoms with van der Waals surface area (Å²) < 4.78 is 0. The molecular formula is C10H19NO2. The van der Waals surface area contributed by atoms with Crippen molar-refractivity contribution in [3.8, 4) is 0 Å². The molecule has 0 fully saturated rings. The maximum Gasteiger partial charge on any atom is 0.152 e. The first-order valence-electron chi connectivity index (χ1n) is 4.72. The number of hydrogen-bond donors (Lipinski definition) is 1. The van der Waals surface area contributed by atoms with Gasteiger partial charge in [-0.05, 0) is 0 Å². The quantitative estimate of drug-likeness (QED) is 0.632. The number of nitrogens with one attached hydrogen (secondary N) is 1. The Morgan fingerprint density at radius 3 is 2.15 bits per heavy atom. The van der Waals surface area contributed by atoms with Gasteiger partial charge in [-0.15, -0.1) is 0 Å². The predicted octanol–water partition coefficient (Wildman–Crippen LogP) is 1.17. The zero-order valence-corrected chi connectivity index (χ0v) is 8.83. The maximum absolute atomic E-state index is 11.5. The topological polar surface area (TPSA) is 46.2 Å². The second-order valence-electron chi connectivity index (χ2n) is 3.83. The van der Waals surface area contributed by atoms with Crippen molar-refractivity contribution in [1.29, 1.82) is 0 Å². The van der Waals surface area contributed by atoms with Gasteiger partial charge in [0.25, 0.3) is 0 Å². The lowest BCUT2D eigenvalue weighted by molar-refractivity contribution is -0.125. The Morgan fingerprint density at radius 2 is 1.85 bits per heavy atom. The maximum atomic E-state index is 11.5. The molecule has 0 radical (unpaired) electrons. The largest absolute Gasteiger partial charge is 0.305 e.